The van der Waals surface area contributed by atoms with Crippen LogP contribution in [0.5, 0.6) is 0 Å². The van der Waals surface area contributed by atoms with Gasteiger partial charge in [0, 0.05) is 31.7 Å². The minimum atomic E-state index is -3.67. The number of hydrogen-bond donors (Lipinski definition) is 2. The average Bonchev–Trinajstić information content (AvgIpc) is 2.47. The lowest BCUT2D eigenvalue weighted by atomic mass is 10.2. The zero-order valence-electron chi connectivity index (χ0n) is 12.0. The fraction of sp³-hybridized carbons (Fsp3) is 0.286. The van der Waals surface area contributed by atoms with Crippen LogP contribution in [0.1, 0.15) is 18.1 Å². The number of hydrogen-bond acceptors (Lipinski definition) is 5. The van der Waals surface area contributed by atoms with E-state index in [1.54, 1.807) is 30.6 Å². The Bertz CT molecular complexity index is 716. The Morgan fingerprint density at radius 1 is 1.24 bits per heavy atom. The standard InChI is InChI=1S/C14H18N4O2S/c1-3-16-13-5-4-7-17-14(13)21(19,20)18-10-12-6-8-15-9-11(12)2/h4-9,16,18H,3,10H2,1-2H3. The normalized spacial score (nSPS) is 11.3. The Balaban J connectivity index is 2.21. The first-order chi connectivity index (χ1) is 10.0. The summed E-state index contributed by atoms with van der Waals surface area (Å²) in [6.45, 7) is 4.62. The monoisotopic (exact) mass is 306 g/mol. The molecule has 0 unspecified atom stereocenters. The van der Waals surface area contributed by atoms with E-state index in [9.17, 15) is 8.42 Å². The van der Waals surface area contributed by atoms with E-state index in [2.05, 4.69) is 20.0 Å². The molecule has 0 spiro atoms. The molecule has 0 atom stereocenters. The van der Waals surface area contributed by atoms with Gasteiger partial charge in [-0.3, -0.25) is 4.98 Å². The second-order valence-electron chi connectivity index (χ2n) is 4.51. The van der Waals surface area contributed by atoms with Gasteiger partial charge in [0.2, 0.25) is 0 Å². The first kappa shape index (κ1) is 15.4. The summed E-state index contributed by atoms with van der Waals surface area (Å²) in [5.74, 6) is 0. The summed E-state index contributed by atoms with van der Waals surface area (Å²) in [6.07, 6.45) is 4.81. The van der Waals surface area contributed by atoms with E-state index in [4.69, 9.17) is 0 Å². The lowest BCUT2D eigenvalue weighted by Gasteiger charge is -2.11. The Morgan fingerprint density at radius 2 is 2.05 bits per heavy atom. The molecule has 2 N–H and O–H groups in total. The number of aryl methyl sites for hydroxylation is 1. The van der Waals surface area contributed by atoms with Crippen molar-refractivity contribution in [1.29, 1.82) is 0 Å². The van der Waals surface area contributed by atoms with Gasteiger partial charge in [-0.25, -0.2) is 18.1 Å². The van der Waals surface area contributed by atoms with Crippen LogP contribution in [0.4, 0.5) is 5.69 Å². The van der Waals surface area contributed by atoms with Crippen molar-refractivity contribution < 1.29 is 8.42 Å². The molecule has 0 amide bonds. The highest BCUT2D eigenvalue weighted by molar-refractivity contribution is 7.89. The smallest absolute Gasteiger partial charge is 0.260 e. The van der Waals surface area contributed by atoms with Gasteiger partial charge < -0.3 is 5.32 Å². The first-order valence-electron chi connectivity index (χ1n) is 6.62. The van der Waals surface area contributed by atoms with E-state index in [0.717, 1.165) is 11.1 Å². The van der Waals surface area contributed by atoms with Crippen molar-refractivity contribution in [1.82, 2.24) is 14.7 Å². The molecule has 7 heteroatoms. The average molecular weight is 306 g/mol. The zero-order valence-corrected chi connectivity index (χ0v) is 12.8. The SMILES string of the molecule is CCNc1cccnc1S(=O)(=O)NCc1ccncc1C. The maximum atomic E-state index is 12.4. The largest absolute Gasteiger partial charge is 0.383 e. The first-order valence-corrected chi connectivity index (χ1v) is 8.11. The van der Waals surface area contributed by atoms with Crippen molar-refractivity contribution in [3.05, 3.63) is 47.9 Å². The summed E-state index contributed by atoms with van der Waals surface area (Å²) in [6, 6.07) is 5.19. The molecule has 0 radical (unpaired) electrons. The van der Waals surface area contributed by atoms with Gasteiger partial charge in [-0.1, -0.05) is 0 Å². The lowest BCUT2D eigenvalue weighted by Crippen LogP contribution is -2.25. The summed E-state index contributed by atoms with van der Waals surface area (Å²) in [5.41, 5.74) is 2.32. The fourth-order valence-electron chi connectivity index (χ4n) is 1.87. The molecule has 0 aliphatic carbocycles. The molecule has 112 valence electrons. The van der Waals surface area contributed by atoms with Gasteiger partial charge in [-0.2, -0.15) is 0 Å². The fourth-order valence-corrected chi connectivity index (χ4v) is 2.98. The van der Waals surface area contributed by atoms with Crippen LogP contribution in [0.3, 0.4) is 0 Å². The van der Waals surface area contributed by atoms with Gasteiger partial charge in [0.05, 0.1) is 5.69 Å². The molecular formula is C14H18N4O2S. The number of rotatable bonds is 6. The van der Waals surface area contributed by atoms with Crippen molar-refractivity contribution >= 4 is 15.7 Å². The van der Waals surface area contributed by atoms with Gasteiger partial charge in [0.15, 0.2) is 5.03 Å². The number of aromatic nitrogens is 2. The molecule has 6 nitrogen and oxygen atoms in total. The molecule has 0 fully saturated rings. The second kappa shape index (κ2) is 6.64. The quantitative estimate of drug-likeness (QED) is 0.848. The van der Waals surface area contributed by atoms with E-state index < -0.39 is 10.0 Å². The Labute approximate surface area is 124 Å². The van der Waals surface area contributed by atoms with Crippen LogP contribution >= 0.6 is 0 Å². The Kier molecular flexibility index (Phi) is 4.87. The maximum Gasteiger partial charge on any atom is 0.260 e. The molecular weight excluding hydrogens is 288 g/mol. The van der Waals surface area contributed by atoms with Gasteiger partial charge in [0.25, 0.3) is 10.0 Å². The summed E-state index contributed by atoms with van der Waals surface area (Å²) in [5, 5.41) is 3.01. The van der Waals surface area contributed by atoms with E-state index >= 15 is 0 Å². The van der Waals surface area contributed by atoms with Crippen LogP contribution in [0.25, 0.3) is 0 Å². The van der Waals surface area contributed by atoms with E-state index in [0.29, 0.717) is 12.2 Å². The van der Waals surface area contributed by atoms with Crippen LogP contribution in [0, 0.1) is 6.92 Å². The van der Waals surface area contributed by atoms with E-state index in [1.165, 1.54) is 6.20 Å². The minimum Gasteiger partial charge on any atom is -0.383 e. The van der Waals surface area contributed by atoms with Crippen molar-refractivity contribution in [3.63, 3.8) is 0 Å². The van der Waals surface area contributed by atoms with Crippen LogP contribution in [-0.2, 0) is 16.6 Å². The van der Waals surface area contributed by atoms with Gasteiger partial charge in [-0.05, 0) is 43.2 Å². The third kappa shape index (κ3) is 3.77. The van der Waals surface area contributed by atoms with Gasteiger partial charge >= 0.3 is 0 Å². The van der Waals surface area contributed by atoms with Crippen LogP contribution < -0.4 is 10.0 Å². The van der Waals surface area contributed by atoms with Crippen molar-refractivity contribution in [3.8, 4) is 0 Å². The summed E-state index contributed by atoms with van der Waals surface area (Å²) < 4.78 is 27.3. The van der Waals surface area contributed by atoms with Gasteiger partial charge in [0.1, 0.15) is 0 Å². The zero-order chi connectivity index (χ0) is 15.3. The molecule has 0 saturated carbocycles. The molecule has 0 aromatic carbocycles. The number of nitrogens with one attached hydrogen (secondary N) is 2. The maximum absolute atomic E-state index is 12.4. The topological polar surface area (TPSA) is 84.0 Å². The van der Waals surface area contributed by atoms with Gasteiger partial charge in [-0.15, -0.1) is 0 Å². The molecule has 0 bridgehead atoms. The van der Waals surface area contributed by atoms with Crippen molar-refractivity contribution in [2.24, 2.45) is 0 Å². The summed E-state index contributed by atoms with van der Waals surface area (Å²) >= 11 is 0. The van der Waals surface area contributed by atoms with Crippen LogP contribution in [0.15, 0.2) is 41.8 Å². The number of nitrogens with zero attached hydrogens (tertiary/aromatic N) is 2. The number of anilines is 1. The number of sulfonamides is 1. The predicted molar refractivity (Wildman–Crippen MR) is 81.4 cm³/mol. The summed E-state index contributed by atoms with van der Waals surface area (Å²) in [7, 11) is -3.67. The molecule has 0 aliphatic rings. The molecule has 2 rings (SSSR count). The Hall–Kier alpha value is -1.99. The predicted octanol–water partition coefficient (Wildman–Crippen LogP) is 1.70. The minimum absolute atomic E-state index is 0.0126. The third-order valence-corrected chi connectivity index (χ3v) is 4.34. The molecule has 2 heterocycles. The van der Waals surface area contributed by atoms with E-state index in [-0.39, 0.29) is 11.6 Å². The van der Waals surface area contributed by atoms with Crippen LogP contribution in [-0.4, -0.2) is 24.9 Å². The number of pyridine rings is 2. The summed E-state index contributed by atoms with van der Waals surface area (Å²) in [4.78, 5) is 7.96. The van der Waals surface area contributed by atoms with Crippen molar-refractivity contribution in [2.75, 3.05) is 11.9 Å². The highest BCUT2D eigenvalue weighted by Gasteiger charge is 2.19. The molecule has 2 aromatic heterocycles. The molecule has 21 heavy (non-hydrogen) atoms. The van der Waals surface area contributed by atoms with E-state index in [1.807, 2.05) is 13.8 Å². The molecule has 2 aromatic rings. The third-order valence-electron chi connectivity index (χ3n) is 2.98. The highest BCUT2D eigenvalue weighted by atomic mass is 32.2. The van der Waals surface area contributed by atoms with Crippen LogP contribution in [0.2, 0.25) is 0 Å². The second-order valence-corrected chi connectivity index (χ2v) is 6.20. The molecule has 0 aliphatic heterocycles. The lowest BCUT2D eigenvalue weighted by molar-refractivity contribution is 0.577. The Morgan fingerprint density at radius 3 is 2.76 bits per heavy atom. The highest BCUT2D eigenvalue weighted by Crippen LogP contribution is 2.18. The van der Waals surface area contributed by atoms with Crippen molar-refractivity contribution in [2.45, 2.75) is 25.4 Å². The molecule has 0 saturated heterocycles.